The van der Waals surface area contributed by atoms with Gasteiger partial charge in [0, 0.05) is 22.0 Å². The molecule has 3 rings (SSSR count). The molecule has 32 heavy (non-hydrogen) atoms. The highest BCUT2D eigenvalue weighted by Crippen LogP contribution is 2.18. The first-order chi connectivity index (χ1) is 15.4. The molecule has 0 saturated heterocycles. The third-order valence-corrected chi connectivity index (χ3v) is 5.26. The van der Waals surface area contributed by atoms with Crippen LogP contribution in [0.1, 0.15) is 10.4 Å². The number of amides is 3. The normalized spacial score (nSPS) is 10.2. The number of halogens is 1. The van der Waals surface area contributed by atoms with Gasteiger partial charge in [-0.25, -0.2) is 0 Å². The minimum absolute atomic E-state index is 0.175. The van der Waals surface area contributed by atoms with Gasteiger partial charge in [-0.2, -0.15) is 0 Å². The van der Waals surface area contributed by atoms with Crippen molar-refractivity contribution in [3.63, 3.8) is 0 Å². The molecule has 8 heteroatoms. The molecule has 2 N–H and O–H groups in total. The number of likely N-dealkylation sites (N-methyl/N-ethyl adjacent to an activating group) is 1. The Kier molecular flexibility index (Phi) is 8.20. The van der Waals surface area contributed by atoms with Crippen molar-refractivity contribution < 1.29 is 19.1 Å². The maximum atomic E-state index is 12.6. The third kappa shape index (κ3) is 6.55. The number of nitrogens with one attached hydrogen (secondary N) is 2. The number of hydrogen-bond acceptors (Lipinski definition) is 4. The highest BCUT2D eigenvalue weighted by Gasteiger charge is 2.16. The number of benzene rings is 3. The molecular weight excluding hydrogens is 521 g/mol. The average molecular weight is 543 g/mol. The summed E-state index contributed by atoms with van der Waals surface area (Å²) in [7, 11) is 1.65. The molecule has 3 aromatic rings. The van der Waals surface area contributed by atoms with Gasteiger partial charge in [0.2, 0.25) is 5.91 Å². The molecule has 0 radical (unpaired) electrons. The number of nitrogens with zero attached hydrogens (tertiary/aromatic N) is 1. The molecule has 0 atom stereocenters. The Morgan fingerprint density at radius 3 is 2.28 bits per heavy atom. The number of rotatable bonds is 8. The van der Waals surface area contributed by atoms with E-state index in [1.54, 1.807) is 43.4 Å². The van der Waals surface area contributed by atoms with E-state index >= 15 is 0 Å². The number of carbonyl (C=O) groups is 3. The maximum Gasteiger partial charge on any atom is 0.262 e. The Hall–Kier alpha value is -3.40. The smallest absolute Gasteiger partial charge is 0.262 e. The molecule has 164 valence electrons. The predicted molar refractivity (Wildman–Crippen MR) is 132 cm³/mol. The van der Waals surface area contributed by atoms with Crippen LogP contribution in [0.15, 0.2) is 78.9 Å². The molecule has 0 aliphatic rings. The van der Waals surface area contributed by atoms with Gasteiger partial charge in [-0.1, -0.05) is 30.3 Å². The second kappa shape index (κ2) is 11.3. The Balaban J connectivity index is 1.55. The summed E-state index contributed by atoms with van der Waals surface area (Å²) in [5, 5.41) is 5.35. The summed E-state index contributed by atoms with van der Waals surface area (Å²) in [6.45, 7) is -0.433. The van der Waals surface area contributed by atoms with Crippen LogP contribution in [-0.4, -0.2) is 37.9 Å². The minimum Gasteiger partial charge on any atom is -0.483 e. The van der Waals surface area contributed by atoms with E-state index in [0.29, 0.717) is 5.69 Å². The van der Waals surface area contributed by atoms with Crippen molar-refractivity contribution in [3.8, 4) is 5.75 Å². The van der Waals surface area contributed by atoms with Gasteiger partial charge in [0.15, 0.2) is 6.61 Å². The number of para-hydroxylation sites is 2. The highest BCUT2D eigenvalue weighted by atomic mass is 127. The Morgan fingerprint density at radius 1 is 0.906 bits per heavy atom. The third-order valence-electron chi connectivity index (χ3n) is 4.54. The van der Waals surface area contributed by atoms with Gasteiger partial charge >= 0.3 is 0 Å². The summed E-state index contributed by atoms with van der Waals surface area (Å²) in [6.07, 6.45) is 0. The summed E-state index contributed by atoms with van der Waals surface area (Å²) in [4.78, 5) is 38.7. The summed E-state index contributed by atoms with van der Waals surface area (Å²) >= 11 is 2.18. The average Bonchev–Trinajstić information content (AvgIpc) is 2.82. The standard InChI is InChI=1S/C24H22IN3O4/c1-28(19-7-3-2-4-8-19)23(30)15-26-24(31)20-9-5-6-10-21(20)32-16-22(29)27-18-13-11-17(25)12-14-18/h2-14H,15-16H2,1H3,(H,26,31)(H,27,29). The molecule has 0 unspecified atom stereocenters. The molecule has 0 bridgehead atoms. The van der Waals surface area contributed by atoms with Crippen LogP contribution in [0.25, 0.3) is 0 Å². The predicted octanol–water partition coefficient (Wildman–Crippen LogP) is 3.70. The van der Waals surface area contributed by atoms with Gasteiger partial charge in [-0.15, -0.1) is 0 Å². The zero-order chi connectivity index (χ0) is 22.9. The van der Waals surface area contributed by atoms with Gasteiger partial charge in [0.25, 0.3) is 11.8 Å². The molecular formula is C24H22IN3O4. The van der Waals surface area contributed by atoms with Crippen molar-refractivity contribution in [1.29, 1.82) is 0 Å². The van der Waals surface area contributed by atoms with Crippen molar-refractivity contribution in [3.05, 3.63) is 88.0 Å². The zero-order valence-corrected chi connectivity index (χ0v) is 19.5. The molecule has 0 fully saturated rings. The lowest BCUT2D eigenvalue weighted by Gasteiger charge is -2.18. The summed E-state index contributed by atoms with van der Waals surface area (Å²) in [5.41, 5.74) is 1.63. The van der Waals surface area contributed by atoms with Crippen LogP contribution in [0.4, 0.5) is 11.4 Å². The second-order valence-corrected chi connectivity index (χ2v) is 8.06. The van der Waals surface area contributed by atoms with Crippen molar-refractivity contribution >= 4 is 51.7 Å². The molecule has 0 aromatic heterocycles. The van der Waals surface area contributed by atoms with E-state index in [-0.39, 0.29) is 36.3 Å². The fourth-order valence-electron chi connectivity index (χ4n) is 2.82. The van der Waals surface area contributed by atoms with E-state index < -0.39 is 5.91 Å². The molecule has 3 aromatic carbocycles. The van der Waals surface area contributed by atoms with E-state index in [0.717, 1.165) is 9.26 Å². The first kappa shape index (κ1) is 23.3. The van der Waals surface area contributed by atoms with Crippen LogP contribution < -0.4 is 20.3 Å². The molecule has 0 heterocycles. The fraction of sp³-hybridized carbons (Fsp3) is 0.125. The van der Waals surface area contributed by atoms with Gasteiger partial charge in [0.1, 0.15) is 5.75 Å². The number of ether oxygens (including phenoxy) is 1. The molecule has 0 spiro atoms. The second-order valence-electron chi connectivity index (χ2n) is 6.81. The molecule has 7 nitrogen and oxygen atoms in total. The first-order valence-electron chi connectivity index (χ1n) is 9.81. The SMILES string of the molecule is CN(C(=O)CNC(=O)c1ccccc1OCC(=O)Nc1ccc(I)cc1)c1ccccc1. The highest BCUT2D eigenvalue weighted by molar-refractivity contribution is 14.1. The van der Waals surface area contributed by atoms with E-state index in [1.165, 1.54) is 4.90 Å². The minimum atomic E-state index is -0.464. The number of carbonyl (C=O) groups excluding carboxylic acids is 3. The molecule has 0 aliphatic heterocycles. The largest absolute Gasteiger partial charge is 0.483 e. The van der Waals surface area contributed by atoms with Crippen molar-refractivity contribution in [2.75, 3.05) is 30.4 Å². The van der Waals surface area contributed by atoms with E-state index in [2.05, 4.69) is 33.2 Å². The quantitative estimate of drug-likeness (QED) is 0.425. The van der Waals surface area contributed by atoms with Crippen LogP contribution in [0, 0.1) is 3.57 Å². The lowest BCUT2D eigenvalue weighted by atomic mass is 10.2. The van der Waals surface area contributed by atoms with E-state index in [1.807, 2.05) is 42.5 Å². The Labute approximate surface area is 199 Å². The lowest BCUT2D eigenvalue weighted by Crippen LogP contribution is -2.38. The summed E-state index contributed by atoms with van der Waals surface area (Å²) in [5.74, 6) is -0.819. The summed E-state index contributed by atoms with van der Waals surface area (Å²) < 4.78 is 6.63. The van der Waals surface area contributed by atoms with E-state index in [9.17, 15) is 14.4 Å². The Morgan fingerprint density at radius 2 is 1.56 bits per heavy atom. The fourth-order valence-corrected chi connectivity index (χ4v) is 3.18. The van der Waals surface area contributed by atoms with Gasteiger partial charge in [0.05, 0.1) is 12.1 Å². The van der Waals surface area contributed by atoms with Crippen molar-refractivity contribution in [2.24, 2.45) is 0 Å². The van der Waals surface area contributed by atoms with Crippen LogP contribution in [0.3, 0.4) is 0 Å². The van der Waals surface area contributed by atoms with Gasteiger partial charge in [-0.3, -0.25) is 14.4 Å². The van der Waals surface area contributed by atoms with Gasteiger partial charge in [-0.05, 0) is 71.1 Å². The number of anilines is 2. The number of hydrogen-bond donors (Lipinski definition) is 2. The zero-order valence-electron chi connectivity index (χ0n) is 17.4. The molecule has 3 amide bonds. The van der Waals surface area contributed by atoms with Crippen LogP contribution in [0.2, 0.25) is 0 Å². The van der Waals surface area contributed by atoms with Crippen molar-refractivity contribution in [1.82, 2.24) is 5.32 Å². The van der Waals surface area contributed by atoms with Crippen molar-refractivity contribution in [2.45, 2.75) is 0 Å². The molecule has 0 aliphatic carbocycles. The van der Waals surface area contributed by atoms with E-state index in [4.69, 9.17) is 4.74 Å². The maximum absolute atomic E-state index is 12.6. The van der Waals surface area contributed by atoms with Gasteiger partial charge < -0.3 is 20.3 Å². The summed E-state index contributed by atoms with van der Waals surface area (Å²) in [6, 6.07) is 23.1. The first-order valence-corrected chi connectivity index (χ1v) is 10.9. The van der Waals surface area contributed by atoms with Crippen LogP contribution in [0.5, 0.6) is 5.75 Å². The monoisotopic (exact) mass is 543 g/mol. The van der Waals surface area contributed by atoms with Crippen LogP contribution >= 0.6 is 22.6 Å². The lowest BCUT2D eigenvalue weighted by molar-refractivity contribution is -0.118. The van der Waals surface area contributed by atoms with Crippen LogP contribution in [-0.2, 0) is 9.59 Å². The topological polar surface area (TPSA) is 87.7 Å². The Bertz CT molecular complexity index is 1090. The molecule has 0 saturated carbocycles.